The van der Waals surface area contributed by atoms with Crippen molar-refractivity contribution >= 4 is 17.5 Å². The molecule has 24 heavy (non-hydrogen) atoms. The van der Waals surface area contributed by atoms with Gasteiger partial charge in [-0.05, 0) is 48.5 Å². The first-order valence-electron chi connectivity index (χ1n) is 6.81. The van der Waals surface area contributed by atoms with Crippen LogP contribution >= 0.6 is 0 Å². The van der Waals surface area contributed by atoms with Gasteiger partial charge in [0, 0.05) is 11.3 Å². The summed E-state index contributed by atoms with van der Waals surface area (Å²) in [6, 6.07) is 11.5. The van der Waals surface area contributed by atoms with Crippen molar-refractivity contribution in [2.24, 2.45) is 5.73 Å². The Morgan fingerprint density at radius 1 is 1.00 bits per heavy atom. The van der Waals surface area contributed by atoms with E-state index < -0.39 is 18.4 Å². The van der Waals surface area contributed by atoms with Gasteiger partial charge in [0.25, 0.3) is 5.91 Å². The van der Waals surface area contributed by atoms with Crippen molar-refractivity contribution in [3.63, 3.8) is 0 Å². The maximum absolute atomic E-state index is 12.0. The molecule has 0 bridgehead atoms. The largest absolute Gasteiger partial charge is 0.484 e. The SMILES string of the molecule is NC(=O)c1ccc(OCC(=O)Nc2ccc(OC(F)F)cc2)cc1. The smallest absolute Gasteiger partial charge is 0.387 e. The lowest BCUT2D eigenvalue weighted by Gasteiger charge is -2.09. The van der Waals surface area contributed by atoms with Crippen molar-refractivity contribution in [1.29, 1.82) is 0 Å². The average molecular weight is 336 g/mol. The summed E-state index contributed by atoms with van der Waals surface area (Å²) >= 11 is 0. The molecule has 2 amide bonds. The number of primary amides is 1. The molecule has 6 nitrogen and oxygen atoms in total. The Bertz CT molecular complexity index is 703. The fraction of sp³-hybridized carbons (Fsp3) is 0.125. The van der Waals surface area contributed by atoms with Crippen LogP contribution in [-0.2, 0) is 4.79 Å². The zero-order valence-electron chi connectivity index (χ0n) is 12.4. The van der Waals surface area contributed by atoms with Crippen molar-refractivity contribution in [2.45, 2.75) is 6.61 Å². The molecule has 0 saturated heterocycles. The van der Waals surface area contributed by atoms with E-state index in [0.717, 1.165) is 0 Å². The second-order valence-corrected chi connectivity index (χ2v) is 4.63. The molecular weight excluding hydrogens is 322 g/mol. The van der Waals surface area contributed by atoms with Gasteiger partial charge in [-0.15, -0.1) is 0 Å². The van der Waals surface area contributed by atoms with Crippen LogP contribution in [0.1, 0.15) is 10.4 Å². The molecule has 0 aliphatic heterocycles. The number of halogens is 2. The third kappa shape index (κ3) is 5.24. The molecule has 2 aromatic rings. The molecule has 3 N–H and O–H groups in total. The van der Waals surface area contributed by atoms with E-state index in [1.165, 1.54) is 48.5 Å². The first-order chi connectivity index (χ1) is 11.4. The van der Waals surface area contributed by atoms with Crippen LogP contribution in [0.3, 0.4) is 0 Å². The highest BCUT2D eigenvalue weighted by Crippen LogP contribution is 2.18. The minimum absolute atomic E-state index is 0.00575. The molecule has 0 aliphatic rings. The molecule has 126 valence electrons. The van der Waals surface area contributed by atoms with Crippen molar-refractivity contribution in [2.75, 3.05) is 11.9 Å². The van der Waals surface area contributed by atoms with Crippen LogP contribution in [0.2, 0.25) is 0 Å². The van der Waals surface area contributed by atoms with Crippen LogP contribution in [0.25, 0.3) is 0 Å². The van der Waals surface area contributed by atoms with E-state index in [9.17, 15) is 18.4 Å². The first-order valence-corrected chi connectivity index (χ1v) is 6.81. The van der Waals surface area contributed by atoms with Gasteiger partial charge < -0.3 is 20.5 Å². The Morgan fingerprint density at radius 2 is 1.58 bits per heavy atom. The van der Waals surface area contributed by atoms with Crippen LogP contribution in [0.15, 0.2) is 48.5 Å². The molecule has 0 spiro atoms. The molecule has 0 atom stereocenters. The molecule has 2 aromatic carbocycles. The lowest BCUT2D eigenvalue weighted by molar-refractivity contribution is -0.118. The zero-order valence-corrected chi connectivity index (χ0v) is 12.4. The number of ether oxygens (including phenoxy) is 2. The summed E-state index contributed by atoms with van der Waals surface area (Å²) in [7, 11) is 0. The maximum Gasteiger partial charge on any atom is 0.387 e. The first kappa shape index (κ1) is 17.2. The van der Waals surface area contributed by atoms with Gasteiger partial charge in [-0.3, -0.25) is 9.59 Å². The van der Waals surface area contributed by atoms with Gasteiger partial charge in [0.05, 0.1) is 0 Å². The minimum Gasteiger partial charge on any atom is -0.484 e. The second-order valence-electron chi connectivity index (χ2n) is 4.63. The molecule has 2 rings (SSSR count). The monoisotopic (exact) mass is 336 g/mol. The topological polar surface area (TPSA) is 90.7 Å². The number of nitrogens with one attached hydrogen (secondary N) is 1. The number of nitrogens with two attached hydrogens (primary N) is 1. The Balaban J connectivity index is 1.83. The summed E-state index contributed by atoms with van der Waals surface area (Å²) < 4.78 is 33.5. The van der Waals surface area contributed by atoms with Gasteiger partial charge in [0.15, 0.2) is 6.61 Å². The van der Waals surface area contributed by atoms with Crippen molar-refractivity contribution in [1.82, 2.24) is 0 Å². The summed E-state index contributed by atoms with van der Waals surface area (Å²) in [6.45, 7) is -3.16. The number of hydrogen-bond acceptors (Lipinski definition) is 4. The minimum atomic E-state index is -2.90. The summed E-state index contributed by atoms with van der Waals surface area (Å²) in [5.74, 6) is -0.598. The highest BCUT2D eigenvalue weighted by atomic mass is 19.3. The number of benzene rings is 2. The van der Waals surface area contributed by atoms with Crippen molar-refractivity contribution in [3.05, 3.63) is 54.1 Å². The Morgan fingerprint density at radius 3 is 2.12 bits per heavy atom. The quantitative estimate of drug-likeness (QED) is 0.812. The Hall–Kier alpha value is -3.16. The Kier molecular flexibility index (Phi) is 5.67. The molecule has 0 saturated carbocycles. The van der Waals surface area contributed by atoms with Crippen LogP contribution in [0, 0.1) is 0 Å². The second kappa shape index (κ2) is 7.91. The van der Waals surface area contributed by atoms with Crippen LogP contribution in [-0.4, -0.2) is 25.0 Å². The van der Waals surface area contributed by atoms with E-state index in [1.54, 1.807) is 0 Å². The molecule has 0 unspecified atom stereocenters. The maximum atomic E-state index is 12.0. The molecule has 0 heterocycles. The number of hydrogen-bond donors (Lipinski definition) is 2. The van der Waals surface area contributed by atoms with Crippen molar-refractivity contribution in [3.8, 4) is 11.5 Å². The number of alkyl halides is 2. The molecule has 0 fully saturated rings. The lowest BCUT2D eigenvalue weighted by atomic mass is 10.2. The molecule has 0 aliphatic carbocycles. The summed E-state index contributed by atoms with van der Waals surface area (Å²) in [5.41, 5.74) is 5.86. The van der Waals surface area contributed by atoms with E-state index in [0.29, 0.717) is 17.0 Å². The van der Waals surface area contributed by atoms with Gasteiger partial charge in [-0.2, -0.15) is 8.78 Å². The van der Waals surface area contributed by atoms with Gasteiger partial charge in [-0.25, -0.2) is 0 Å². The van der Waals surface area contributed by atoms with E-state index in [1.807, 2.05) is 0 Å². The number of rotatable bonds is 7. The predicted octanol–water partition coefficient (Wildman–Crippen LogP) is 2.40. The number of amides is 2. The third-order valence-corrected chi connectivity index (χ3v) is 2.87. The van der Waals surface area contributed by atoms with Gasteiger partial charge in [0.1, 0.15) is 11.5 Å². The lowest BCUT2D eigenvalue weighted by Crippen LogP contribution is -2.20. The third-order valence-electron chi connectivity index (χ3n) is 2.87. The van der Waals surface area contributed by atoms with E-state index in [-0.39, 0.29) is 12.4 Å². The Labute approximate surface area is 136 Å². The zero-order chi connectivity index (χ0) is 17.5. The molecular formula is C16H14F2N2O4. The normalized spacial score (nSPS) is 10.3. The fourth-order valence-corrected chi connectivity index (χ4v) is 1.78. The predicted molar refractivity (Wildman–Crippen MR) is 82.2 cm³/mol. The molecule has 8 heteroatoms. The fourth-order valence-electron chi connectivity index (χ4n) is 1.78. The van der Waals surface area contributed by atoms with E-state index >= 15 is 0 Å². The average Bonchev–Trinajstić information content (AvgIpc) is 2.54. The number of carbonyl (C=O) groups is 2. The standard InChI is InChI=1S/C16H14F2N2O4/c17-16(18)24-13-7-3-11(4-8-13)20-14(21)9-23-12-5-1-10(2-6-12)15(19)22/h1-8,16H,9H2,(H2,19,22)(H,20,21). The summed E-state index contributed by atoms with van der Waals surface area (Å²) in [6.07, 6.45) is 0. The molecule has 0 aromatic heterocycles. The van der Waals surface area contributed by atoms with Crippen LogP contribution < -0.4 is 20.5 Å². The van der Waals surface area contributed by atoms with E-state index in [4.69, 9.17) is 10.5 Å². The highest BCUT2D eigenvalue weighted by molar-refractivity contribution is 5.93. The van der Waals surface area contributed by atoms with Gasteiger partial charge in [0.2, 0.25) is 5.91 Å². The van der Waals surface area contributed by atoms with Gasteiger partial charge in [-0.1, -0.05) is 0 Å². The number of carbonyl (C=O) groups excluding carboxylic acids is 2. The number of anilines is 1. The van der Waals surface area contributed by atoms with Crippen LogP contribution in [0.4, 0.5) is 14.5 Å². The van der Waals surface area contributed by atoms with E-state index in [2.05, 4.69) is 10.1 Å². The summed E-state index contributed by atoms with van der Waals surface area (Å²) in [5, 5.41) is 2.54. The van der Waals surface area contributed by atoms with Crippen molar-refractivity contribution < 1.29 is 27.8 Å². The highest BCUT2D eigenvalue weighted by Gasteiger charge is 2.07. The summed E-state index contributed by atoms with van der Waals surface area (Å²) in [4.78, 5) is 22.7. The van der Waals surface area contributed by atoms with Crippen LogP contribution in [0.5, 0.6) is 11.5 Å². The van der Waals surface area contributed by atoms with Gasteiger partial charge >= 0.3 is 6.61 Å². The molecule has 0 radical (unpaired) electrons.